The second-order valence-electron chi connectivity index (χ2n) is 4.24. The largest absolute Gasteiger partial charge is 0.342 e. The van der Waals surface area contributed by atoms with Crippen molar-refractivity contribution in [3.8, 4) is 0 Å². The van der Waals surface area contributed by atoms with Crippen LogP contribution < -0.4 is 0 Å². The van der Waals surface area contributed by atoms with Crippen molar-refractivity contribution in [1.29, 1.82) is 0 Å². The van der Waals surface area contributed by atoms with Crippen LogP contribution in [0.1, 0.15) is 29.3 Å². The van der Waals surface area contributed by atoms with Crippen LogP contribution in [0.2, 0.25) is 5.02 Å². The summed E-state index contributed by atoms with van der Waals surface area (Å²) in [5, 5.41) is 0.204. The molecule has 0 N–H and O–H groups in total. The SMILES string of the molecule is CCCN(C)C(=O)c1cc(S(=O)(=O)Cl)cc(Cl)c1C. The highest BCUT2D eigenvalue weighted by Gasteiger charge is 2.20. The molecule has 0 unspecified atom stereocenters. The Morgan fingerprint density at radius 2 is 1.95 bits per heavy atom. The van der Waals surface area contributed by atoms with Gasteiger partial charge in [0.25, 0.3) is 15.0 Å². The number of nitrogens with zero attached hydrogens (tertiary/aromatic N) is 1. The van der Waals surface area contributed by atoms with Crippen molar-refractivity contribution in [3.05, 3.63) is 28.3 Å². The van der Waals surface area contributed by atoms with Gasteiger partial charge in [0.15, 0.2) is 0 Å². The summed E-state index contributed by atoms with van der Waals surface area (Å²) in [5.41, 5.74) is 0.793. The van der Waals surface area contributed by atoms with Gasteiger partial charge in [-0.25, -0.2) is 8.42 Å². The minimum absolute atomic E-state index is 0.169. The van der Waals surface area contributed by atoms with E-state index < -0.39 is 9.05 Å². The molecule has 1 rings (SSSR count). The first kappa shape index (κ1) is 16.3. The summed E-state index contributed by atoms with van der Waals surface area (Å²) in [7, 11) is 3.02. The lowest BCUT2D eigenvalue weighted by Gasteiger charge is -2.18. The molecule has 0 saturated carbocycles. The normalized spacial score (nSPS) is 11.4. The first-order chi connectivity index (χ1) is 8.68. The summed E-state index contributed by atoms with van der Waals surface area (Å²) in [4.78, 5) is 13.6. The number of hydrogen-bond acceptors (Lipinski definition) is 3. The third kappa shape index (κ3) is 3.84. The van der Waals surface area contributed by atoms with Gasteiger partial charge in [-0.1, -0.05) is 18.5 Å². The topological polar surface area (TPSA) is 54.5 Å². The van der Waals surface area contributed by atoms with Gasteiger partial charge in [0.1, 0.15) is 0 Å². The summed E-state index contributed by atoms with van der Waals surface area (Å²) < 4.78 is 22.7. The maximum absolute atomic E-state index is 12.2. The van der Waals surface area contributed by atoms with Crippen LogP contribution >= 0.6 is 22.3 Å². The van der Waals surface area contributed by atoms with Crippen molar-refractivity contribution < 1.29 is 13.2 Å². The molecule has 0 bridgehead atoms. The van der Waals surface area contributed by atoms with Gasteiger partial charge in [0, 0.05) is 34.9 Å². The molecule has 1 aromatic carbocycles. The Labute approximate surface area is 122 Å². The minimum atomic E-state index is -3.92. The Hall–Kier alpha value is -0.780. The lowest BCUT2D eigenvalue weighted by atomic mass is 10.1. The van der Waals surface area contributed by atoms with Crippen LogP contribution in [-0.4, -0.2) is 32.8 Å². The van der Waals surface area contributed by atoms with E-state index in [-0.39, 0.29) is 21.4 Å². The van der Waals surface area contributed by atoms with E-state index in [1.54, 1.807) is 14.0 Å². The standard InChI is InChI=1S/C12H15Cl2NO3S/c1-4-5-15(3)12(16)10-6-9(19(14,17)18)7-11(13)8(10)2/h6-7H,4-5H2,1-3H3. The molecular weight excluding hydrogens is 309 g/mol. The van der Waals surface area contributed by atoms with Gasteiger partial charge in [-0.05, 0) is 31.0 Å². The highest BCUT2D eigenvalue weighted by atomic mass is 35.7. The smallest absolute Gasteiger partial charge is 0.261 e. The van der Waals surface area contributed by atoms with Gasteiger partial charge in [0.2, 0.25) is 0 Å². The summed E-state index contributed by atoms with van der Waals surface area (Å²) in [5.74, 6) is -0.275. The number of carbonyl (C=O) groups is 1. The van der Waals surface area contributed by atoms with Crippen molar-refractivity contribution in [2.24, 2.45) is 0 Å². The zero-order chi connectivity index (χ0) is 14.8. The van der Waals surface area contributed by atoms with Crippen molar-refractivity contribution >= 4 is 37.2 Å². The quantitative estimate of drug-likeness (QED) is 0.800. The van der Waals surface area contributed by atoms with E-state index in [1.807, 2.05) is 6.92 Å². The molecule has 4 nitrogen and oxygen atoms in total. The van der Waals surface area contributed by atoms with Crippen LogP contribution in [0.15, 0.2) is 17.0 Å². The van der Waals surface area contributed by atoms with Crippen LogP contribution in [0.25, 0.3) is 0 Å². The molecule has 7 heteroatoms. The van der Waals surface area contributed by atoms with Crippen molar-refractivity contribution in [2.75, 3.05) is 13.6 Å². The average molecular weight is 324 g/mol. The van der Waals surface area contributed by atoms with Gasteiger partial charge < -0.3 is 4.90 Å². The molecule has 0 aliphatic heterocycles. The first-order valence-electron chi connectivity index (χ1n) is 5.68. The van der Waals surface area contributed by atoms with E-state index in [2.05, 4.69) is 0 Å². The third-order valence-electron chi connectivity index (χ3n) is 2.74. The van der Waals surface area contributed by atoms with E-state index in [9.17, 15) is 13.2 Å². The molecule has 0 radical (unpaired) electrons. The molecule has 0 aromatic heterocycles. The molecule has 106 valence electrons. The Morgan fingerprint density at radius 1 is 1.37 bits per heavy atom. The molecule has 0 aliphatic carbocycles. The molecule has 0 aliphatic rings. The molecule has 19 heavy (non-hydrogen) atoms. The second kappa shape index (κ2) is 6.11. The van der Waals surface area contributed by atoms with Crippen LogP contribution in [0.4, 0.5) is 0 Å². The molecule has 0 saturated heterocycles. The van der Waals surface area contributed by atoms with Crippen molar-refractivity contribution in [2.45, 2.75) is 25.2 Å². The fraction of sp³-hybridized carbons (Fsp3) is 0.417. The molecule has 0 heterocycles. The Bertz CT molecular complexity index is 599. The van der Waals surface area contributed by atoms with E-state index >= 15 is 0 Å². The zero-order valence-corrected chi connectivity index (χ0v) is 13.2. The van der Waals surface area contributed by atoms with Crippen LogP contribution in [0, 0.1) is 6.92 Å². The summed E-state index contributed by atoms with van der Waals surface area (Å²) >= 11 is 5.96. The minimum Gasteiger partial charge on any atom is -0.342 e. The van der Waals surface area contributed by atoms with E-state index in [0.717, 1.165) is 6.42 Å². The lowest BCUT2D eigenvalue weighted by Crippen LogP contribution is -2.28. The van der Waals surface area contributed by atoms with Gasteiger partial charge in [-0.15, -0.1) is 0 Å². The van der Waals surface area contributed by atoms with Crippen LogP contribution in [-0.2, 0) is 9.05 Å². The lowest BCUT2D eigenvalue weighted by molar-refractivity contribution is 0.0794. The maximum Gasteiger partial charge on any atom is 0.261 e. The summed E-state index contributed by atoms with van der Waals surface area (Å²) in [6.07, 6.45) is 0.808. The zero-order valence-electron chi connectivity index (χ0n) is 10.9. The average Bonchev–Trinajstić information content (AvgIpc) is 2.30. The number of amides is 1. The van der Waals surface area contributed by atoms with Gasteiger partial charge >= 0.3 is 0 Å². The van der Waals surface area contributed by atoms with Crippen molar-refractivity contribution in [1.82, 2.24) is 4.90 Å². The van der Waals surface area contributed by atoms with Crippen molar-refractivity contribution in [3.63, 3.8) is 0 Å². The monoisotopic (exact) mass is 323 g/mol. The van der Waals surface area contributed by atoms with Gasteiger partial charge in [0.05, 0.1) is 4.90 Å². The first-order valence-corrected chi connectivity index (χ1v) is 8.37. The number of rotatable bonds is 4. The predicted octanol–water partition coefficient (Wildman–Crippen LogP) is 3.06. The number of halogens is 2. The molecule has 0 fully saturated rings. The summed E-state index contributed by atoms with van der Waals surface area (Å²) in [6, 6.07) is 2.51. The molecular formula is C12H15Cl2NO3S. The van der Waals surface area contributed by atoms with Gasteiger partial charge in [-0.3, -0.25) is 4.79 Å². The number of carbonyl (C=O) groups excluding carboxylic acids is 1. The van der Waals surface area contributed by atoms with Gasteiger partial charge in [-0.2, -0.15) is 0 Å². The molecule has 0 atom stereocenters. The maximum atomic E-state index is 12.2. The van der Waals surface area contributed by atoms with Crippen LogP contribution in [0.3, 0.4) is 0 Å². The molecule has 1 amide bonds. The predicted molar refractivity (Wildman–Crippen MR) is 76.5 cm³/mol. The summed E-state index contributed by atoms with van der Waals surface area (Å²) in [6.45, 7) is 4.19. The third-order valence-corrected chi connectivity index (χ3v) is 4.46. The second-order valence-corrected chi connectivity index (χ2v) is 7.22. The van der Waals surface area contributed by atoms with E-state index in [0.29, 0.717) is 12.1 Å². The molecule has 1 aromatic rings. The fourth-order valence-corrected chi connectivity index (χ4v) is 2.73. The number of hydrogen-bond donors (Lipinski definition) is 0. The number of benzene rings is 1. The Kier molecular flexibility index (Phi) is 5.24. The van der Waals surface area contributed by atoms with Crippen LogP contribution in [0.5, 0.6) is 0 Å². The molecule has 0 spiro atoms. The van der Waals surface area contributed by atoms with E-state index in [1.165, 1.54) is 17.0 Å². The fourth-order valence-electron chi connectivity index (χ4n) is 1.66. The Balaban J connectivity index is 3.35. The highest BCUT2D eigenvalue weighted by Crippen LogP contribution is 2.27. The Morgan fingerprint density at radius 3 is 2.42 bits per heavy atom. The van der Waals surface area contributed by atoms with E-state index in [4.69, 9.17) is 22.3 Å². The highest BCUT2D eigenvalue weighted by molar-refractivity contribution is 8.13.